The Morgan fingerprint density at radius 1 is 1.08 bits per heavy atom. The second kappa shape index (κ2) is 7.48. The van der Waals surface area contributed by atoms with Gasteiger partial charge in [-0.15, -0.1) is 0 Å². The Morgan fingerprint density at radius 2 is 1.72 bits per heavy atom. The first kappa shape index (κ1) is 18.7. The average Bonchev–Trinajstić information content (AvgIpc) is 2.54. The van der Waals surface area contributed by atoms with E-state index in [1.54, 1.807) is 19.1 Å². The molecule has 2 aromatic carbocycles. The van der Waals surface area contributed by atoms with E-state index < -0.39 is 10.1 Å². The molecule has 7 heteroatoms. The van der Waals surface area contributed by atoms with Gasteiger partial charge < -0.3 is 9.50 Å². The van der Waals surface area contributed by atoms with Gasteiger partial charge in [-0.2, -0.15) is 8.42 Å². The Morgan fingerprint density at radius 3 is 2.28 bits per heavy atom. The van der Waals surface area contributed by atoms with Gasteiger partial charge in [0.15, 0.2) is 11.5 Å². The van der Waals surface area contributed by atoms with Gasteiger partial charge in [0.05, 0.1) is 5.56 Å². The summed E-state index contributed by atoms with van der Waals surface area (Å²) in [6.45, 7) is 4.84. The van der Waals surface area contributed by atoms with Gasteiger partial charge >= 0.3 is 10.1 Å². The zero-order chi connectivity index (χ0) is 18.6. The van der Waals surface area contributed by atoms with E-state index in [1.165, 1.54) is 37.3 Å². The number of hydrogen-bond donors (Lipinski definition) is 1. The zero-order valence-electron chi connectivity index (χ0n) is 14.2. The molecule has 1 amide bonds. The fourth-order valence-corrected chi connectivity index (χ4v) is 3.10. The fraction of sp³-hybridized carbons (Fsp3) is 0.222. The van der Waals surface area contributed by atoms with E-state index in [0.29, 0.717) is 5.69 Å². The van der Waals surface area contributed by atoms with Crippen LogP contribution in [0.5, 0.6) is 5.75 Å². The Labute approximate surface area is 146 Å². The van der Waals surface area contributed by atoms with Gasteiger partial charge in [0, 0.05) is 25.1 Å². The molecule has 0 atom stereocenters. The van der Waals surface area contributed by atoms with E-state index in [-0.39, 0.29) is 34.3 Å². The molecule has 2 aromatic rings. The van der Waals surface area contributed by atoms with E-state index in [0.717, 1.165) is 5.56 Å². The lowest BCUT2D eigenvalue weighted by Gasteiger charge is -2.13. The van der Waals surface area contributed by atoms with Crippen LogP contribution in [0.15, 0.2) is 47.4 Å². The van der Waals surface area contributed by atoms with Gasteiger partial charge in [0.25, 0.3) is 0 Å². The van der Waals surface area contributed by atoms with Crippen LogP contribution in [0.3, 0.4) is 0 Å². The lowest BCUT2D eigenvalue weighted by atomic mass is 10.1. The van der Waals surface area contributed by atoms with Crippen molar-refractivity contribution in [1.82, 2.24) is 0 Å². The molecular formula is C18H19NO5S. The van der Waals surface area contributed by atoms with Crippen molar-refractivity contribution < 1.29 is 22.2 Å². The SMILES string of the molecule is CCC(=O)c1ccc(NC(C)=O)cc1OS(=O)(=O)c1ccc(C)cc1. The molecule has 0 saturated heterocycles. The number of rotatable bonds is 6. The summed E-state index contributed by atoms with van der Waals surface area (Å²) < 4.78 is 30.2. The third kappa shape index (κ3) is 4.67. The number of ketones is 1. The maximum atomic E-state index is 12.5. The third-order valence-corrected chi connectivity index (χ3v) is 4.68. The van der Waals surface area contributed by atoms with Crippen LogP contribution in [0, 0.1) is 6.92 Å². The molecular weight excluding hydrogens is 342 g/mol. The number of carbonyl (C=O) groups is 2. The summed E-state index contributed by atoms with van der Waals surface area (Å²) in [5.74, 6) is -0.691. The smallest absolute Gasteiger partial charge is 0.339 e. The van der Waals surface area contributed by atoms with Crippen molar-refractivity contribution >= 4 is 27.5 Å². The second-order valence-corrected chi connectivity index (χ2v) is 7.07. The average molecular weight is 361 g/mol. The predicted octanol–water partition coefficient (Wildman–Crippen LogP) is 3.31. The number of carbonyl (C=O) groups excluding carboxylic acids is 2. The molecule has 0 aromatic heterocycles. The van der Waals surface area contributed by atoms with Crippen molar-refractivity contribution in [2.45, 2.75) is 32.1 Å². The summed E-state index contributed by atoms with van der Waals surface area (Å²) in [5.41, 5.74) is 1.40. The summed E-state index contributed by atoms with van der Waals surface area (Å²) in [5, 5.41) is 2.54. The number of Topliss-reactive ketones (excluding diaryl/α,β-unsaturated/α-hetero) is 1. The van der Waals surface area contributed by atoms with Gasteiger partial charge in [0.2, 0.25) is 5.91 Å². The number of amides is 1. The number of aryl methyl sites for hydroxylation is 1. The van der Waals surface area contributed by atoms with E-state index >= 15 is 0 Å². The van der Waals surface area contributed by atoms with E-state index in [1.807, 2.05) is 6.92 Å². The topological polar surface area (TPSA) is 89.5 Å². The molecule has 0 heterocycles. The van der Waals surface area contributed by atoms with Crippen LogP contribution < -0.4 is 9.50 Å². The van der Waals surface area contributed by atoms with Gasteiger partial charge in [-0.05, 0) is 31.2 Å². The summed E-state index contributed by atoms with van der Waals surface area (Å²) in [7, 11) is -4.10. The van der Waals surface area contributed by atoms with E-state index in [4.69, 9.17) is 4.18 Å². The maximum absolute atomic E-state index is 12.5. The Hall–Kier alpha value is -2.67. The first-order valence-corrected chi connectivity index (χ1v) is 9.09. The van der Waals surface area contributed by atoms with Gasteiger partial charge in [0.1, 0.15) is 4.90 Å². The lowest BCUT2D eigenvalue weighted by molar-refractivity contribution is -0.114. The molecule has 0 spiro atoms. The molecule has 0 aliphatic heterocycles. The van der Waals surface area contributed by atoms with Crippen molar-refractivity contribution in [1.29, 1.82) is 0 Å². The largest absolute Gasteiger partial charge is 0.378 e. The summed E-state index contributed by atoms with van der Waals surface area (Å²) >= 11 is 0. The van der Waals surface area contributed by atoms with Crippen LogP contribution in [0.4, 0.5) is 5.69 Å². The number of benzene rings is 2. The highest BCUT2D eigenvalue weighted by atomic mass is 32.2. The van der Waals surface area contributed by atoms with Gasteiger partial charge in [-0.3, -0.25) is 9.59 Å². The third-order valence-electron chi connectivity index (χ3n) is 3.43. The maximum Gasteiger partial charge on any atom is 0.339 e. The summed E-state index contributed by atoms with van der Waals surface area (Å²) in [4.78, 5) is 23.3. The Bertz CT molecular complexity index is 902. The van der Waals surface area contributed by atoms with Crippen LogP contribution in [0.25, 0.3) is 0 Å². The van der Waals surface area contributed by atoms with Crippen molar-refractivity contribution in [3.8, 4) is 5.75 Å². The minimum Gasteiger partial charge on any atom is -0.378 e. The monoisotopic (exact) mass is 361 g/mol. The summed E-state index contributed by atoms with van der Waals surface area (Å²) in [6, 6.07) is 10.5. The Balaban J connectivity index is 2.45. The van der Waals surface area contributed by atoms with Crippen LogP contribution in [0.2, 0.25) is 0 Å². The molecule has 0 unspecified atom stereocenters. The highest BCUT2D eigenvalue weighted by molar-refractivity contribution is 7.87. The molecule has 132 valence electrons. The van der Waals surface area contributed by atoms with E-state index in [2.05, 4.69) is 5.32 Å². The van der Waals surface area contributed by atoms with Crippen molar-refractivity contribution in [2.24, 2.45) is 0 Å². The first-order chi connectivity index (χ1) is 11.7. The van der Waals surface area contributed by atoms with Crippen molar-refractivity contribution in [2.75, 3.05) is 5.32 Å². The molecule has 0 fully saturated rings. The number of anilines is 1. The van der Waals surface area contributed by atoms with Crippen LogP contribution >= 0.6 is 0 Å². The standard InChI is InChI=1S/C18H19NO5S/c1-4-17(21)16-10-7-14(19-13(3)20)11-18(16)24-25(22,23)15-8-5-12(2)6-9-15/h5-11H,4H2,1-3H3,(H,19,20). The lowest BCUT2D eigenvalue weighted by Crippen LogP contribution is -2.13. The number of nitrogens with one attached hydrogen (secondary N) is 1. The molecule has 2 rings (SSSR count). The molecule has 0 aliphatic carbocycles. The second-order valence-electron chi connectivity index (χ2n) is 5.52. The van der Waals surface area contributed by atoms with Crippen LogP contribution in [0.1, 0.15) is 36.2 Å². The predicted molar refractivity (Wildman–Crippen MR) is 94.4 cm³/mol. The van der Waals surface area contributed by atoms with Gasteiger partial charge in [-0.1, -0.05) is 24.6 Å². The highest BCUT2D eigenvalue weighted by Gasteiger charge is 2.21. The minimum atomic E-state index is -4.10. The quantitative estimate of drug-likeness (QED) is 0.630. The fourth-order valence-electron chi connectivity index (χ4n) is 2.16. The summed E-state index contributed by atoms with van der Waals surface area (Å²) in [6.07, 6.45) is 0.195. The normalized spacial score (nSPS) is 11.0. The van der Waals surface area contributed by atoms with Crippen LogP contribution in [-0.2, 0) is 14.9 Å². The molecule has 0 bridgehead atoms. The molecule has 6 nitrogen and oxygen atoms in total. The minimum absolute atomic E-state index is 0.0158. The number of hydrogen-bond acceptors (Lipinski definition) is 5. The molecule has 0 saturated carbocycles. The van der Waals surface area contributed by atoms with Gasteiger partial charge in [-0.25, -0.2) is 0 Å². The molecule has 0 aliphatic rings. The first-order valence-electron chi connectivity index (χ1n) is 7.69. The van der Waals surface area contributed by atoms with Crippen LogP contribution in [-0.4, -0.2) is 20.1 Å². The Kier molecular flexibility index (Phi) is 5.58. The zero-order valence-corrected chi connectivity index (χ0v) is 15.0. The van der Waals surface area contributed by atoms with Crippen molar-refractivity contribution in [3.63, 3.8) is 0 Å². The highest BCUT2D eigenvalue weighted by Crippen LogP contribution is 2.28. The molecule has 1 N–H and O–H groups in total. The molecule has 25 heavy (non-hydrogen) atoms. The van der Waals surface area contributed by atoms with Crippen molar-refractivity contribution in [3.05, 3.63) is 53.6 Å². The molecule has 0 radical (unpaired) electrons. The van der Waals surface area contributed by atoms with E-state index in [9.17, 15) is 18.0 Å².